The molecule has 200 valence electrons. The molecule has 3 N–H and O–H groups in total. The van der Waals surface area contributed by atoms with Gasteiger partial charge in [-0.25, -0.2) is 15.0 Å². The first-order valence-corrected chi connectivity index (χ1v) is 13.0. The van der Waals surface area contributed by atoms with Gasteiger partial charge in [-0.2, -0.15) is 0 Å². The summed E-state index contributed by atoms with van der Waals surface area (Å²) in [5.74, 6) is 0.810. The van der Waals surface area contributed by atoms with Crippen molar-refractivity contribution in [3.8, 4) is 11.4 Å². The van der Waals surface area contributed by atoms with E-state index in [9.17, 15) is 9.59 Å². The van der Waals surface area contributed by atoms with Gasteiger partial charge in [-0.05, 0) is 55.0 Å². The molecular formula is C30H27N7O3. The van der Waals surface area contributed by atoms with Crippen molar-refractivity contribution in [2.75, 3.05) is 36.9 Å². The zero-order valence-corrected chi connectivity index (χ0v) is 21.8. The number of aromatic nitrogens is 4. The Morgan fingerprint density at radius 3 is 2.45 bits per heavy atom. The molecule has 10 heteroatoms. The molecular weight excluding hydrogens is 506 g/mol. The summed E-state index contributed by atoms with van der Waals surface area (Å²) in [6.07, 6.45) is 1.57. The summed E-state index contributed by atoms with van der Waals surface area (Å²) in [4.78, 5) is 44.3. The van der Waals surface area contributed by atoms with E-state index >= 15 is 0 Å². The first kappa shape index (κ1) is 25.2. The molecule has 40 heavy (non-hydrogen) atoms. The van der Waals surface area contributed by atoms with Crippen LogP contribution in [0.5, 0.6) is 0 Å². The molecule has 0 aliphatic carbocycles. The number of morpholine rings is 1. The molecule has 5 aromatic rings. The van der Waals surface area contributed by atoms with Crippen LogP contribution in [0.3, 0.4) is 0 Å². The van der Waals surface area contributed by atoms with Crippen LogP contribution in [-0.4, -0.2) is 63.0 Å². The van der Waals surface area contributed by atoms with Gasteiger partial charge in [-0.15, -0.1) is 0 Å². The number of carbonyl (C=O) groups excluding carboxylic acids is 2. The van der Waals surface area contributed by atoms with Gasteiger partial charge in [0.1, 0.15) is 5.52 Å². The number of imidazole rings is 1. The smallest absolute Gasteiger partial charge is 0.255 e. The summed E-state index contributed by atoms with van der Waals surface area (Å²) < 4.78 is 5.35. The fraction of sp³-hybridized carbons (Fsp3) is 0.167. The third kappa shape index (κ3) is 5.12. The number of benzene rings is 3. The summed E-state index contributed by atoms with van der Waals surface area (Å²) in [6, 6.07) is 22.0. The maximum Gasteiger partial charge on any atom is 0.255 e. The molecule has 1 saturated heterocycles. The quantitative estimate of drug-likeness (QED) is 0.286. The summed E-state index contributed by atoms with van der Waals surface area (Å²) in [6.45, 7) is 4.23. The van der Waals surface area contributed by atoms with Crippen molar-refractivity contribution in [2.24, 2.45) is 0 Å². The number of rotatable bonds is 6. The molecule has 0 spiro atoms. The van der Waals surface area contributed by atoms with Gasteiger partial charge in [0.2, 0.25) is 0 Å². The predicted octanol–water partition coefficient (Wildman–Crippen LogP) is 4.80. The maximum atomic E-state index is 12.8. The highest BCUT2D eigenvalue weighted by Gasteiger charge is 2.19. The lowest BCUT2D eigenvalue weighted by Crippen LogP contribution is -2.40. The van der Waals surface area contributed by atoms with E-state index in [0.29, 0.717) is 65.9 Å². The van der Waals surface area contributed by atoms with Crippen LogP contribution in [0.4, 0.5) is 17.2 Å². The Labute approximate surface area is 230 Å². The number of nitrogens with zero attached hydrogens (tertiary/aromatic N) is 4. The highest BCUT2D eigenvalue weighted by molar-refractivity contribution is 6.05. The zero-order valence-electron chi connectivity index (χ0n) is 21.8. The van der Waals surface area contributed by atoms with Crippen molar-refractivity contribution in [1.29, 1.82) is 0 Å². The van der Waals surface area contributed by atoms with Crippen LogP contribution in [0, 0.1) is 6.92 Å². The van der Waals surface area contributed by atoms with Crippen molar-refractivity contribution in [1.82, 2.24) is 24.8 Å². The van der Waals surface area contributed by atoms with E-state index in [4.69, 9.17) is 9.72 Å². The van der Waals surface area contributed by atoms with E-state index in [1.807, 2.05) is 55.5 Å². The number of ether oxygens (including phenoxy) is 1. The van der Waals surface area contributed by atoms with Crippen molar-refractivity contribution >= 4 is 40.2 Å². The Morgan fingerprint density at radius 2 is 1.68 bits per heavy atom. The number of hydrogen-bond acceptors (Lipinski definition) is 7. The molecule has 1 fully saturated rings. The Kier molecular flexibility index (Phi) is 6.90. The molecule has 0 atom stereocenters. The fourth-order valence-corrected chi connectivity index (χ4v) is 4.62. The zero-order chi connectivity index (χ0) is 27.5. The number of carbonyl (C=O) groups is 2. The number of aromatic amines is 1. The first-order valence-electron chi connectivity index (χ1n) is 13.0. The van der Waals surface area contributed by atoms with Gasteiger partial charge >= 0.3 is 0 Å². The largest absolute Gasteiger partial charge is 0.378 e. The van der Waals surface area contributed by atoms with Crippen molar-refractivity contribution in [3.05, 3.63) is 95.8 Å². The minimum absolute atomic E-state index is 0.00940. The average molecular weight is 534 g/mol. The lowest BCUT2D eigenvalue weighted by atomic mass is 10.1. The van der Waals surface area contributed by atoms with Crippen molar-refractivity contribution in [2.45, 2.75) is 6.92 Å². The molecule has 1 aliphatic heterocycles. The third-order valence-corrected chi connectivity index (χ3v) is 6.84. The van der Waals surface area contributed by atoms with E-state index < -0.39 is 0 Å². The number of fused-ring (bicyclic) bond motifs is 1. The van der Waals surface area contributed by atoms with Crippen LogP contribution in [0.1, 0.15) is 26.3 Å². The number of anilines is 3. The number of hydrogen-bond donors (Lipinski definition) is 3. The minimum atomic E-state index is -0.192. The van der Waals surface area contributed by atoms with E-state index in [1.165, 1.54) is 0 Å². The molecule has 6 rings (SSSR count). The van der Waals surface area contributed by atoms with Crippen LogP contribution >= 0.6 is 0 Å². The topological polar surface area (TPSA) is 125 Å². The maximum absolute atomic E-state index is 12.8. The third-order valence-electron chi connectivity index (χ3n) is 6.84. The van der Waals surface area contributed by atoms with E-state index in [-0.39, 0.29) is 11.8 Å². The number of nitrogens with one attached hydrogen (secondary N) is 3. The molecule has 0 bridgehead atoms. The molecule has 3 heterocycles. The molecule has 0 saturated carbocycles. The Hall–Kier alpha value is -5.09. The SMILES string of the molecule is Cc1c(NC(=O)c2ccccc2)cccc1-c1nc(Nc2ccc(C(=O)N3CCOCC3)cc2)c2[nH]cnc2n1. The van der Waals surface area contributed by atoms with Gasteiger partial charge in [0, 0.05) is 41.2 Å². The van der Waals surface area contributed by atoms with Gasteiger partial charge in [-0.1, -0.05) is 30.3 Å². The summed E-state index contributed by atoms with van der Waals surface area (Å²) in [5.41, 5.74) is 5.39. The normalized spacial score (nSPS) is 13.3. The van der Waals surface area contributed by atoms with Crippen LogP contribution < -0.4 is 10.6 Å². The molecule has 3 aromatic carbocycles. The molecule has 10 nitrogen and oxygen atoms in total. The second-order valence-corrected chi connectivity index (χ2v) is 9.40. The standard InChI is InChI=1S/C30H27N7O3/c1-19-23(8-5-9-24(19)34-29(38)20-6-3-2-4-7-20)26-35-27-25(31-18-32-27)28(36-26)33-22-12-10-21(11-13-22)30(39)37-14-16-40-17-15-37/h2-13,18H,14-17H2,1H3,(H,34,38)(H2,31,32,33,35,36). The molecule has 0 unspecified atom stereocenters. The van der Waals surface area contributed by atoms with Crippen LogP contribution in [0.15, 0.2) is 79.1 Å². The second-order valence-electron chi connectivity index (χ2n) is 9.40. The van der Waals surface area contributed by atoms with Crippen LogP contribution in [-0.2, 0) is 4.74 Å². The summed E-state index contributed by atoms with van der Waals surface area (Å²) in [7, 11) is 0. The van der Waals surface area contributed by atoms with Gasteiger partial charge in [-0.3, -0.25) is 9.59 Å². The molecule has 0 radical (unpaired) electrons. The highest BCUT2D eigenvalue weighted by Crippen LogP contribution is 2.30. The Morgan fingerprint density at radius 1 is 0.900 bits per heavy atom. The van der Waals surface area contributed by atoms with Crippen LogP contribution in [0.25, 0.3) is 22.6 Å². The van der Waals surface area contributed by atoms with Gasteiger partial charge in [0.15, 0.2) is 17.3 Å². The molecule has 2 aromatic heterocycles. The number of amides is 2. The highest BCUT2D eigenvalue weighted by atomic mass is 16.5. The lowest BCUT2D eigenvalue weighted by molar-refractivity contribution is 0.0303. The van der Waals surface area contributed by atoms with Crippen molar-refractivity contribution < 1.29 is 14.3 Å². The van der Waals surface area contributed by atoms with Crippen molar-refractivity contribution in [3.63, 3.8) is 0 Å². The Bertz CT molecular complexity index is 1680. The van der Waals surface area contributed by atoms with Gasteiger partial charge in [0.25, 0.3) is 11.8 Å². The monoisotopic (exact) mass is 533 g/mol. The van der Waals surface area contributed by atoms with E-state index in [1.54, 1.807) is 35.5 Å². The van der Waals surface area contributed by atoms with E-state index in [0.717, 1.165) is 16.8 Å². The van der Waals surface area contributed by atoms with Crippen LogP contribution in [0.2, 0.25) is 0 Å². The average Bonchev–Trinajstić information content (AvgIpc) is 3.48. The first-order chi connectivity index (χ1) is 19.6. The van der Waals surface area contributed by atoms with E-state index in [2.05, 4.69) is 25.6 Å². The summed E-state index contributed by atoms with van der Waals surface area (Å²) >= 11 is 0. The predicted molar refractivity (Wildman–Crippen MR) is 153 cm³/mol. The Balaban J connectivity index is 1.27. The number of H-pyrrole nitrogens is 1. The molecule has 2 amide bonds. The minimum Gasteiger partial charge on any atom is -0.378 e. The van der Waals surface area contributed by atoms with Gasteiger partial charge < -0.3 is 25.3 Å². The lowest BCUT2D eigenvalue weighted by Gasteiger charge is -2.26. The molecule has 1 aliphatic rings. The van der Waals surface area contributed by atoms with Gasteiger partial charge in [0.05, 0.1) is 19.5 Å². The summed E-state index contributed by atoms with van der Waals surface area (Å²) in [5, 5.41) is 6.33. The second kappa shape index (κ2) is 11.0. The fourth-order valence-electron chi connectivity index (χ4n) is 4.62.